The molecule has 6 heteroatoms. The summed E-state index contributed by atoms with van der Waals surface area (Å²) in [6.07, 6.45) is 4.30. The van der Waals surface area contributed by atoms with Gasteiger partial charge < -0.3 is 14.8 Å². The third-order valence-electron chi connectivity index (χ3n) is 3.26. The molecule has 0 aliphatic heterocycles. The number of halogens is 1. The summed E-state index contributed by atoms with van der Waals surface area (Å²) in [5.41, 5.74) is 0.788. The van der Waals surface area contributed by atoms with Gasteiger partial charge in [0, 0.05) is 6.54 Å². The molecule has 0 bridgehead atoms. The lowest BCUT2D eigenvalue weighted by Crippen LogP contribution is -2.21. The van der Waals surface area contributed by atoms with Gasteiger partial charge in [-0.15, -0.1) is 0 Å². The normalized spacial score (nSPS) is 10.0. The predicted octanol–water partition coefficient (Wildman–Crippen LogP) is 3.84. The molecule has 0 saturated heterocycles. The van der Waals surface area contributed by atoms with Crippen molar-refractivity contribution in [3.05, 3.63) is 22.7 Å². The van der Waals surface area contributed by atoms with E-state index < -0.39 is 0 Å². The number of nitrogens with one attached hydrogen (secondary N) is 1. The maximum atomic E-state index is 11.3. The number of methoxy groups -OCH3 is 1. The maximum Gasteiger partial charge on any atom is 0.234 e. The van der Waals surface area contributed by atoms with E-state index in [0.29, 0.717) is 23.1 Å². The van der Waals surface area contributed by atoms with Crippen molar-refractivity contribution in [3.63, 3.8) is 0 Å². The van der Waals surface area contributed by atoms with E-state index in [1.807, 2.05) is 0 Å². The zero-order chi connectivity index (χ0) is 17.1. The molecule has 0 aliphatic carbocycles. The van der Waals surface area contributed by atoms with Gasteiger partial charge in [0.15, 0.2) is 11.5 Å². The first-order valence-corrected chi connectivity index (χ1v) is 8.13. The average molecular weight is 339 g/mol. The van der Waals surface area contributed by atoms with Crippen LogP contribution in [0.4, 0.5) is 0 Å². The molecule has 0 spiro atoms. The van der Waals surface area contributed by atoms with Crippen LogP contribution in [0, 0.1) is 11.3 Å². The summed E-state index contributed by atoms with van der Waals surface area (Å²) in [4.78, 5) is 11.3. The molecule has 126 valence electrons. The molecule has 0 heterocycles. The summed E-state index contributed by atoms with van der Waals surface area (Å²) in [5.74, 6) is 0.745. The van der Waals surface area contributed by atoms with Crippen LogP contribution in [-0.2, 0) is 11.3 Å². The van der Waals surface area contributed by atoms with E-state index in [1.54, 1.807) is 25.3 Å². The van der Waals surface area contributed by atoms with Crippen LogP contribution in [0.3, 0.4) is 0 Å². The molecule has 0 fully saturated rings. The van der Waals surface area contributed by atoms with E-state index in [9.17, 15) is 4.79 Å². The van der Waals surface area contributed by atoms with E-state index in [4.69, 9.17) is 26.3 Å². The fraction of sp³-hybridized carbons (Fsp3) is 0.529. The number of nitrogens with zero attached hydrogens (tertiary/aromatic N) is 1. The van der Waals surface area contributed by atoms with Gasteiger partial charge in [0.05, 0.1) is 24.8 Å². The summed E-state index contributed by atoms with van der Waals surface area (Å²) in [7, 11) is 1.55. The third-order valence-corrected chi connectivity index (χ3v) is 3.54. The quantitative estimate of drug-likeness (QED) is 0.658. The Morgan fingerprint density at radius 2 is 2.13 bits per heavy atom. The van der Waals surface area contributed by atoms with E-state index in [2.05, 4.69) is 12.2 Å². The standard InChI is InChI=1S/C17H23ClN2O3/c1-3-4-5-6-9-23-17-14(18)10-13(11-15(17)22-2)12-20-16(21)7-8-19/h10-11H,3-7,9,12H2,1-2H3,(H,20,21). The number of benzene rings is 1. The zero-order valence-corrected chi connectivity index (χ0v) is 14.4. The first-order valence-electron chi connectivity index (χ1n) is 7.75. The molecular weight excluding hydrogens is 316 g/mol. The molecule has 1 amide bonds. The number of hydrogen-bond donors (Lipinski definition) is 1. The lowest BCUT2D eigenvalue weighted by atomic mass is 10.2. The van der Waals surface area contributed by atoms with Crippen LogP contribution >= 0.6 is 11.6 Å². The summed E-state index contributed by atoms with van der Waals surface area (Å²) >= 11 is 6.26. The Balaban J connectivity index is 2.67. The second kappa shape index (κ2) is 10.7. The molecule has 1 aromatic rings. The van der Waals surface area contributed by atoms with Crippen LogP contribution in [0.2, 0.25) is 5.02 Å². The van der Waals surface area contributed by atoms with Gasteiger partial charge in [-0.3, -0.25) is 4.79 Å². The Bertz CT molecular complexity index is 556. The smallest absolute Gasteiger partial charge is 0.234 e. The van der Waals surface area contributed by atoms with E-state index in [0.717, 1.165) is 18.4 Å². The molecule has 0 radical (unpaired) electrons. The van der Waals surface area contributed by atoms with Gasteiger partial charge in [-0.1, -0.05) is 37.8 Å². The Kier molecular flexibility index (Phi) is 8.93. The van der Waals surface area contributed by atoms with Crippen LogP contribution in [0.5, 0.6) is 11.5 Å². The monoisotopic (exact) mass is 338 g/mol. The SMILES string of the molecule is CCCCCCOc1c(Cl)cc(CNC(=O)CC#N)cc1OC. The van der Waals surface area contributed by atoms with Crippen molar-refractivity contribution in [3.8, 4) is 17.6 Å². The first kappa shape index (κ1) is 19.1. The lowest BCUT2D eigenvalue weighted by molar-refractivity contribution is -0.120. The third kappa shape index (κ3) is 6.79. The van der Waals surface area contributed by atoms with Gasteiger partial charge in [0.1, 0.15) is 6.42 Å². The van der Waals surface area contributed by atoms with Crippen LogP contribution in [0.25, 0.3) is 0 Å². The molecule has 1 N–H and O–H groups in total. The molecule has 1 rings (SSSR count). The number of nitriles is 1. The molecule has 0 unspecified atom stereocenters. The zero-order valence-electron chi connectivity index (χ0n) is 13.7. The van der Waals surface area contributed by atoms with Crippen LogP contribution < -0.4 is 14.8 Å². The van der Waals surface area contributed by atoms with Gasteiger partial charge in [0.25, 0.3) is 0 Å². The predicted molar refractivity (Wildman–Crippen MR) is 89.7 cm³/mol. The summed E-state index contributed by atoms with van der Waals surface area (Å²) < 4.78 is 11.1. The number of carbonyl (C=O) groups is 1. The van der Waals surface area contributed by atoms with E-state index in [-0.39, 0.29) is 18.9 Å². The van der Waals surface area contributed by atoms with Crippen molar-refractivity contribution in [1.29, 1.82) is 5.26 Å². The van der Waals surface area contributed by atoms with Gasteiger partial charge in [-0.2, -0.15) is 5.26 Å². The Morgan fingerprint density at radius 1 is 1.35 bits per heavy atom. The highest BCUT2D eigenvalue weighted by Gasteiger charge is 2.12. The average Bonchev–Trinajstić information content (AvgIpc) is 2.54. The van der Waals surface area contributed by atoms with Gasteiger partial charge in [-0.25, -0.2) is 0 Å². The fourth-order valence-corrected chi connectivity index (χ4v) is 2.34. The number of rotatable bonds is 10. The number of unbranched alkanes of at least 4 members (excludes halogenated alkanes) is 3. The minimum atomic E-state index is -0.321. The molecule has 0 aromatic heterocycles. The van der Waals surface area contributed by atoms with Crippen molar-refractivity contribution in [2.75, 3.05) is 13.7 Å². The number of ether oxygens (including phenoxy) is 2. The highest BCUT2D eigenvalue weighted by Crippen LogP contribution is 2.36. The van der Waals surface area contributed by atoms with Gasteiger partial charge >= 0.3 is 0 Å². The molecule has 1 aromatic carbocycles. The number of carbonyl (C=O) groups excluding carboxylic acids is 1. The molecule has 0 atom stereocenters. The minimum Gasteiger partial charge on any atom is -0.493 e. The number of hydrogen-bond acceptors (Lipinski definition) is 4. The minimum absolute atomic E-state index is 0.163. The Labute approximate surface area is 142 Å². The lowest BCUT2D eigenvalue weighted by Gasteiger charge is -2.14. The second-order valence-electron chi connectivity index (χ2n) is 5.13. The van der Waals surface area contributed by atoms with E-state index in [1.165, 1.54) is 12.8 Å². The molecule has 0 saturated carbocycles. The van der Waals surface area contributed by atoms with Crippen molar-refractivity contribution in [2.24, 2.45) is 0 Å². The fourth-order valence-electron chi connectivity index (χ4n) is 2.05. The first-order chi connectivity index (χ1) is 11.1. The highest BCUT2D eigenvalue weighted by molar-refractivity contribution is 6.32. The Morgan fingerprint density at radius 3 is 2.78 bits per heavy atom. The topological polar surface area (TPSA) is 71.3 Å². The molecular formula is C17H23ClN2O3. The van der Waals surface area contributed by atoms with Crippen LogP contribution in [0.1, 0.15) is 44.6 Å². The maximum absolute atomic E-state index is 11.3. The van der Waals surface area contributed by atoms with Crippen molar-refractivity contribution in [2.45, 2.75) is 45.6 Å². The highest BCUT2D eigenvalue weighted by atomic mass is 35.5. The summed E-state index contributed by atoms with van der Waals surface area (Å²) in [6.45, 7) is 3.04. The largest absolute Gasteiger partial charge is 0.493 e. The molecule has 23 heavy (non-hydrogen) atoms. The van der Waals surface area contributed by atoms with Crippen LogP contribution in [0.15, 0.2) is 12.1 Å². The van der Waals surface area contributed by atoms with Crippen molar-refractivity contribution < 1.29 is 14.3 Å². The second-order valence-corrected chi connectivity index (χ2v) is 5.54. The number of amides is 1. The van der Waals surface area contributed by atoms with Gasteiger partial charge in [0.2, 0.25) is 5.91 Å². The van der Waals surface area contributed by atoms with Crippen molar-refractivity contribution >= 4 is 17.5 Å². The van der Waals surface area contributed by atoms with Crippen molar-refractivity contribution in [1.82, 2.24) is 5.32 Å². The van der Waals surface area contributed by atoms with Gasteiger partial charge in [-0.05, 0) is 24.1 Å². The molecule has 5 nitrogen and oxygen atoms in total. The summed E-state index contributed by atoms with van der Waals surface area (Å²) in [6, 6.07) is 5.31. The summed E-state index contributed by atoms with van der Waals surface area (Å²) in [5, 5.41) is 11.6. The van der Waals surface area contributed by atoms with Crippen LogP contribution in [-0.4, -0.2) is 19.6 Å². The molecule has 0 aliphatic rings. The Hall–Kier alpha value is -1.93. The van der Waals surface area contributed by atoms with E-state index >= 15 is 0 Å².